The van der Waals surface area contributed by atoms with Gasteiger partial charge in [0.25, 0.3) is 5.91 Å². The lowest BCUT2D eigenvalue weighted by Crippen LogP contribution is -2.42. The Bertz CT molecular complexity index is 437. The molecule has 0 spiro atoms. The van der Waals surface area contributed by atoms with Crippen LogP contribution in [0.15, 0.2) is 24.3 Å². The van der Waals surface area contributed by atoms with Crippen LogP contribution in [0, 0.1) is 5.82 Å². The molecule has 98 valence electrons. The Labute approximate surface area is 104 Å². The van der Waals surface area contributed by atoms with Gasteiger partial charge in [-0.1, -0.05) is 6.07 Å². The summed E-state index contributed by atoms with van der Waals surface area (Å²) in [4.78, 5) is 22.9. The van der Waals surface area contributed by atoms with Crippen molar-refractivity contribution in [2.45, 2.75) is 13.0 Å². The quantitative estimate of drug-likeness (QED) is 0.695. The summed E-state index contributed by atoms with van der Waals surface area (Å²) in [5.74, 6) is -1.45. The number of hydrogen-bond acceptors (Lipinski definition) is 3. The molecule has 1 aromatic rings. The van der Waals surface area contributed by atoms with Gasteiger partial charge in [0.05, 0.1) is 13.2 Å². The molecule has 0 radical (unpaired) electrons. The Kier molecular flexibility index (Phi) is 5.26. The first-order chi connectivity index (χ1) is 8.52. The fraction of sp³-hybridized carbons (Fsp3) is 0.333. The second kappa shape index (κ2) is 6.70. The molecule has 1 atom stereocenters. The molecule has 0 fully saturated rings. The van der Waals surface area contributed by atoms with Gasteiger partial charge in [0.15, 0.2) is 0 Å². The number of carbonyl (C=O) groups excluding carboxylic acids is 2. The van der Waals surface area contributed by atoms with Crippen LogP contribution in [0.1, 0.15) is 17.3 Å². The van der Waals surface area contributed by atoms with E-state index in [0.717, 1.165) is 6.07 Å². The van der Waals surface area contributed by atoms with Crippen LogP contribution in [-0.2, 0) is 4.79 Å². The largest absolute Gasteiger partial charge is 0.394 e. The first-order valence-electron chi connectivity index (χ1n) is 5.47. The number of rotatable bonds is 5. The molecule has 2 amide bonds. The maximum absolute atomic E-state index is 12.9. The van der Waals surface area contributed by atoms with Crippen molar-refractivity contribution in [3.05, 3.63) is 35.6 Å². The molecule has 5 nitrogen and oxygen atoms in total. The average Bonchev–Trinajstić information content (AvgIpc) is 2.35. The summed E-state index contributed by atoms with van der Waals surface area (Å²) in [6.45, 7) is 1.23. The van der Waals surface area contributed by atoms with Crippen molar-refractivity contribution in [3.63, 3.8) is 0 Å². The van der Waals surface area contributed by atoms with E-state index in [-0.39, 0.29) is 24.8 Å². The van der Waals surface area contributed by atoms with Gasteiger partial charge in [-0.2, -0.15) is 0 Å². The molecular formula is C12H15FN2O3. The van der Waals surface area contributed by atoms with Crippen LogP contribution in [0.2, 0.25) is 0 Å². The normalized spacial score (nSPS) is 11.7. The zero-order valence-corrected chi connectivity index (χ0v) is 9.94. The summed E-state index contributed by atoms with van der Waals surface area (Å²) in [6.07, 6.45) is 0. The number of carbonyl (C=O) groups is 2. The lowest BCUT2D eigenvalue weighted by molar-refractivity contribution is -0.121. The van der Waals surface area contributed by atoms with E-state index in [1.807, 2.05) is 0 Å². The molecule has 0 saturated heterocycles. The van der Waals surface area contributed by atoms with Crippen LogP contribution < -0.4 is 10.6 Å². The third kappa shape index (κ3) is 4.50. The van der Waals surface area contributed by atoms with Crippen molar-refractivity contribution in [3.8, 4) is 0 Å². The molecule has 0 aromatic heterocycles. The fourth-order valence-electron chi connectivity index (χ4n) is 1.26. The summed E-state index contributed by atoms with van der Waals surface area (Å²) < 4.78 is 12.9. The summed E-state index contributed by atoms with van der Waals surface area (Å²) in [7, 11) is 0. The monoisotopic (exact) mass is 254 g/mol. The Morgan fingerprint density at radius 3 is 2.78 bits per heavy atom. The highest BCUT2D eigenvalue weighted by molar-refractivity contribution is 5.96. The molecule has 0 aliphatic carbocycles. The Morgan fingerprint density at radius 2 is 2.17 bits per heavy atom. The lowest BCUT2D eigenvalue weighted by Gasteiger charge is -2.11. The van der Waals surface area contributed by atoms with Crippen LogP contribution in [0.5, 0.6) is 0 Å². The third-order valence-corrected chi connectivity index (χ3v) is 2.18. The van der Waals surface area contributed by atoms with Crippen molar-refractivity contribution in [1.82, 2.24) is 10.6 Å². The Morgan fingerprint density at radius 1 is 1.44 bits per heavy atom. The van der Waals surface area contributed by atoms with E-state index in [4.69, 9.17) is 5.11 Å². The first kappa shape index (κ1) is 14.1. The average molecular weight is 254 g/mol. The van der Waals surface area contributed by atoms with E-state index in [9.17, 15) is 14.0 Å². The van der Waals surface area contributed by atoms with Gasteiger partial charge in [0.1, 0.15) is 5.82 Å². The summed E-state index contributed by atoms with van der Waals surface area (Å²) in [5.41, 5.74) is 0.151. The van der Waals surface area contributed by atoms with Crippen molar-refractivity contribution in [2.75, 3.05) is 13.2 Å². The molecule has 1 rings (SSSR count). The second-order valence-corrected chi connectivity index (χ2v) is 3.84. The second-order valence-electron chi connectivity index (χ2n) is 3.84. The summed E-state index contributed by atoms with van der Waals surface area (Å²) in [5, 5.41) is 13.6. The molecule has 0 aliphatic heterocycles. The molecule has 1 aromatic carbocycles. The minimum atomic E-state index is -0.527. The summed E-state index contributed by atoms with van der Waals surface area (Å²) in [6, 6.07) is 4.81. The number of amides is 2. The topological polar surface area (TPSA) is 78.4 Å². The predicted molar refractivity (Wildman–Crippen MR) is 63.4 cm³/mol. The number of halogens is 1. The number of benzene rings is 1. The molecule has 0 bridgehead atoms. The van der Waals surface area contributed by atoms with Gasteiger partial charge in [-0.25, -0.2) is 4.39 Å². The number of nitrogens with one attached hydrogen (secondary N) is 2. The van der Waals surface area contributed by atoms with E-state index < -0.39 is 17.6 Å². The first-order valence-corrected chi connectivity index (χ1v) is 5.47. The highest BCUT2D eigenvalue weighted by Gasteiger charge is 2.10. The van der Waals surface area contributed by atoms with Crippen LogP contribution in [-0.4, -0.2) is 36.1 Å². The van der Waals surface area contributed by atoms with Gasteiger partial charge < -0.3 is 15.7 Å². The van der Waals surface area contributed by atoms with Gasteiger partial charge in [-0.3, -0.25) is 9.59 Å². The van der Waals surface area contributed by atoms with Gasteiger partial charge >= 0.3 is 0 Å². The van der Waals surface area contributed by atoms with Gasteiger partial charge in [-0.05, 0) is 25.1 Å². The highest BCUT2D eigenvalue weighted by atomic mass is 19.1. The van der Waals surface area contributed by atoms with Crippen molar-refractivity contribution < 1.29 is 19.1 Å². The van der Waals surface area contributed by atoms with E-state index in [0.29, 0.717) is 0 Å². The minimum Gasteiger partial charge on any atom is -0.394 e. The standard InChI is InChI=1S/C12H15FN2O3/c1-8(7-16)15-11(17)6-14-12(18)9-3-2-4-10(13)5-9/h2-5,8,16H,6-7H2,1H3,(H,14,18)(H,15,17). The van der Waals surface area contributed by atoms with Crippen LogP contribution in [0.4, 0.5) is 4.39 Å². The van der Waals surface area contributed by atoms with E-state index in [2.05, 4.69) is 10.6 Å². The van der Waals surface area contributed by atoms with Crippen molar-refractivity contribution in [2.24, 2.45) is 0 Å². The maximum Gasteiger partial charge on any atom is 0.251 e. The SMILES string of the molecule is CC(CO)NC(=O)CNC(=O)c1cccc(F)c1. The number of aliphatic hydroxyl groups is 1. The van der Waals surface area contributed by atoms with Gasteiger partial charge in [0, 0.05) is 11.6 Å². The van der Waals surface area contributed by atoms with Crippen molar-refractivity contribution >= 4 is 11.8 Å². The van der Waals surface area contributed by atoms with Crippen LogP contribution in [0.3, 0.4) is 0 Å². The fourth-order valence-corrected chi connectivity index (χ4v) is 1.26. The third-order valence-electron chi connectivity index (χ3n) is 2.18. The van der Waals surface area contributed by atoms with Gasteiger partial charge in [0.2, 0.25) is 5.91 Å². The molecule has 6 heteroatoms. The number of hydrogen-bond donors (Lipinski definition) is 3. The van der Waals surface area contributed by atoms with Gasteiger partial charge in [-0.15, -0.1) is 0 Å². The zero-order valence-electron chi connectivity index (χ0n) is 9.94. The molecule has 0 saturated carbocycles. The lowest BCUT2D eigenvalue weighted by atomic mass is 10.2. The number of aliphatic hydroxyl groups excluding tert-OH is 1. The van der Waals surface area contributed by atoms with E-state index in [1.165, 1.54) is 18.2 Å². The van der Waals surface area contributed by atoms with Crippen molar-refractivity contribution in [1.29, 1.82) is 0 Å². The van der Waals surface area contributed by atoms with E-state index in [1.54, 1.807) is 6.92 Å². The van der Waals surface area contributed by atoms with Crippen LogP contribution >= 0.6 is 0 Å². The minimum absolute atomic E-state index is 0.151. The van der Waals surface area contributed by atoms with Crippen LogP contribution in [0.25, 0.3) is 0 Å². The Hall–Kier alpha value is -1.95. The molecule has 0 aliphatic rings. The van der Waals surface area contributed by atoms with E-state index >= 15 is 0 Å². The highest BCUT2D eigenvalue weighted by Crippen LogP contribution is 2.02. The summed E-state index contributed by atoms with van der Waals surface area (Å²) >= 11 is 0. The smallest absolute Gasteiger partial charge is 0.251 e. The predicted octanol–water partition coefficient (Wildman–Crippen LogP) is 0.0525. The molecule has 0 heterocycles. The zero-order chi connectivity index (χ0) is 13.5. The molecular weight excluding hydrogens is 239 g/mol. The molecule has 1 unspecified atom stereocenters. The Balaban J connectivity index is 2.44. The maximum atomic E-state index is 12.9. The molecule has 3 N–H and O–H groups in total. The molecule has 18 heavy (non-hydrogen) atoms.